The molecule has 4 N–H and O–H groups in total. The Morgan fingerprint density at radius 2 is 1.69 bits per heavy atom. The van der Waals surface area contributed by atoms with Crippen molar-refractivity contribution in [1.82, 2.24) is 26.2 Å². The van der Waals surface area contributed by atoms with Gasteiger partial charge in [-0.15, -0.1) is 17.9 Å². The van der Waals surface area contributed by atoms with Crippen molar-refractivity contribution in [3.8, 4) is 0 Å². The van der Waals surface area contributed by atoms with E-state index in [4.69, 9.17) is 0 Å². The molecule has 0 radical (unpaired) electrons. The summed E-state index contributed by atoms with van der Waals surface area (Å²) in [5.41, 5.74) is -1.25. The number of nitrogens with one attached hydrogen (secondary N) is 4. The summed E-state index contributed by atoms with van der Waals surface area (Å²) >= 11 is 1.30. The predicted octanol–water partition coefficient (Wildman–Crippen LogP) is 4.77. The molecule has 1 aromatic rings. The molecular formula is C39H59N5O6S. The first-order chi connectivity index (χ1) is 24.1. The number of rotatable bonds is 15. The van der Waals surface area contributed by atoms with Gasteiger partial charge in [0.05, 0.1) is 10.9 Å². The Labute approximate surface area is 307 Å². The Kier molecular flexibility index (Phi) is 13.7. The fourth-order valence-electron chi connectivity index (χ4n) is 7.91. The smallest absolute Gasteiger partial charge is 0.289 e. The lowest BCUT2D eigenvalue weighted by Gasteiger charge is -2.42. The van der Waals surface area contributed by atoms with Gasteiger partial charge in [-0.1, -0.05) is 92.2 Å². The molecule has 1 unspecified atom stereocenters. The standard InChI is InChI=1S/C39H59N5O6S/c1-8-20-40-35(48)30(45)27(23-25-14-12-15-25)41-34(47)29-26(24(2)3)17-21-44(29)37(50)32(38(4,5)6)43-36(49)31(39(7)18-10-9-11-19-39)42-33(46)28-16-13-22-51-28/h8,13,16,22,24-27,29,31-32H,1,9-12,14-15,17-21,23H2,2-7H3,(H,40,48)(H,41,47)(H,42,46)(H,43,49)/t26-,27?,29+,31-,32-/m1/s1. The maximum Gasteiger partial charge on any atom is 0.289 e. The Morgan fingerprint density at radius 3 is 2.24 bits per heavy atom. The molecule has 0 aromatic carbocycles. The zero-order chi connectivity index (χ0) is 37.5. The average Bonchev–Trinajstić information content (AvgIpc) is 3.76. The van der Waals surface area contributed by atoms with E-state index in [0.29, 0.717) is 24.3 Å². The van der Waals surface area contributed by atoms with Crippen LogP contribution in [0.1, 0.15) is 115 Å². The summed E-state index contributed by atoms with van der Waals surface area (Å²) in [6.07, 6.45) is 9.79. The van der Waals surface area contributed by atoms with Gasteiger partial charge in [0.1, 0.15) is 18.1 Å². The quantitative estimate of drug-likeness (QED) is 0.151. The largest absolute Gasteiger partial charge is 0.346 e. The van der Waals surface area contributed by atoms with Crippen LogP contribution in [0, 0.1) is 28.6 Å². The Hall–Kier alpha value is -3.54. The number of carbonyl (C=O) groups is 6. The van der Waals surface area contributed by atoms with Gasteiger partial charge in [-0.2, -0.15) is 0 Å². The maximum absolute atomic E-state index is 14.7. The van der Waals surface area contributed by atoms with Crippen LogP contribution in [0.25, 0.3) is 0 Å². The van der Waals surface area contributed by atoms with E-state index in [1.54, 1.807) is 17.0 Å². The molecule has 11 nitrogen and oxygen atoms in total. The number of amides is 5. The highest BCUT2D eigenvalue weighted by Crippen LogP contribution is 2.40. The summed E-state index contributed by atoms with van der Waals surface area (Å²) in [6, 6.07) is -0.256. The Balaban J connectivity index is 1.60. The highest BCUT2D eigenvalue weighted by atomic mass is 32.1. The summed E-state index contributed by atoms with van der Waals surface area (Å²) in [5, 5.41) is 13.3. The van der Waals surface area contributed by atoms with Crippen LogP contribution in [0.15, 0.2) is 30.2 Å². The fraction of sp³-hybridized carbons (Fsp3) is 0.692. The van der Waals surface area contributed by atoms with E-state index < -0.39 is 58.5 Å². The first-order valence-electron chi connectivity index (χ1n) is 18.8. The molecule has 0 spiro atoms. The molecule has 1 aliphatic heterocycles. The number of carbonyl (C=O) groups excluding carboxylic acids is 6. The molecule has 51 heavy (non-hydrogen) atoms. The van der Waals surface area contributed by atoms with E-state index in [9.17, 15) is 28.8 Å². The predicted molar refractivity (Wildman–Crippen MR) is 199 cm³/mol. The van der Waals surface area contributed by atoms with Gasteiger partial charge in [-0.25, -0.2) is 0 Å². The zero-order valence-corrected chi connectivity index (χ0v) is 32.2. The second kappa shape index (κ2) is 17.3. The van der Waals surface area contributed by atoms with Crippen LogP contribution in [-0.4, -0.2) is 77.5 Å². The van der Waals surface area contributed by atoms with E-state index in [1.807, 2.05) is 46.9 Å². The van der Waals surface area contributed by atoms with E-state index in [0.717, 1.165) is 51.4 Å². The number of Topliss-reactive ketones (excluding diaryl/α,β-unsaturated/α-hetero) is 1. The number of hydrogen-bond acceptors (Lipinski definition) is 7. The molecule has 4 rings (SSSR count). The van der Waals surface area contributed by atoms with Crippen LogP contribution in [0.4, 0.5) is 0 Å². The molecule has 1 aromatic heterocycles. The van der Waals surface area contributed by atoms with Gasteiger partial charge in [0, 0.05) is 13.1 Å². The van der Waals surface area contributed by atoms with Gasteiger partial charge in [0.15, 0.2) is 0 Å². The van der Waals surface area contributed by atoms with E-state index in [1.165, 1.54) is 17.4 Å². The molecule has 5 amide bonds. The van der Waals surface area contributed by atoms with Gasteiger partial charge in [0.2, 0.25) is 23.5 Å². The molecule has 3 aliphatic rings. The average molecular weight is 726 g/mol. The van der Waals surface area contributed by atoms with Crippen molar-refractivity contribution >= 4 is 46.7 Å². The summed E-state index contributed by atoms with van der Waals surface area (Å²) < 4.78 is 0. The van der Waals surface area contributed by atoms with Crippen LogP contribution >= 0.6 is 11.3 Å². The van der Waals surface area contributed by atoms with E-state index >= 15 is 0 Å². The van der Waals surface area contributed by atoms with Gasteiger partial charge >= 0.3 is 0 Å². The van der Waals surface area contributed by atoms with Crippen molar-refractivity contribution in [2.45, 2.75) is 130 Å². The van der Waals surface area contributed by atoms with Crippen LogP contribution in [0.5, 0.6) is 0 Å². The fourth-order valence-corrected chi connectivity index (χ4v) is 8.54. The van der Waals surface area contributed by atoms with Crippen LogP contribution < -0.4 is 21.3 Å². The van der Waals surface area contributed by atoms with Crippen LogP contribution in [0.3, 0.4) is 0 Å². The number of likely N-dealkylation sites (tertiary alicyclic amines) is 1. The number of thiophene rings is 1. The molecule has 1 saturated heterocycles. The Bertz CT molecular complexity index is 1430. The van der Waals surface area contributed by atoms with Crippen LogP contribution in [0.2, 0.25) is 0 Å². The molecule has 2 aliphatic carbocycles. The maximum atomic E-state index is 14.7. The van der Waals surface area contributed by atoms with Gasteiger partial charge < -0.3 is 26.2 Å². The highest BCUT2D eigenvalue weighted by molar-refractivity contribution is 7.12. The number of ketones is 1. The molecule has 2 heterocycles. The second-order valence-electron chi connectivity index (χ2n) is 16.5. The third kappa shape index (κ3) is 9.87. The monoisotopic (exact) mass is 725 g/mol. The number of nitrogens with zero attached hydrogens (tertiary/aromatic N) is 1. The third-order valence-corrected chi connectivity index (χ3v) is 12.2. The van der Waals surface area contributed by atoms with Crippen molar-refractivity contribution in [2.24, 2.45) is 28.6 Å². The molecule has 2 saturated carbocycles. The lowest BCUT2D eigenvalue weighted by atomic mass is 9.70. The van der Waals surface area contributed by atoms with Crippen molar-refractivity contribution in [3.05, 3.63) is 35.0 Å². The lowest BCUT2D eigenvalue weighted by Crippen LogP contribution is -2.63. The Morgan fingerprint density at radius 1 is 1.00 bits per heavy atom. The molecule has 12 heteroatoms. The molecule has 3 fully saturated rings. The molecule has 5 atom stereocenters. The topological polar surface area (TPSA) is 154 Å². The minimum atomic E-state index is -1.01. The van der Waals surface area contributed by atoms with Crippen LogP contribution in [-0.2, 0) is 24.0 Å². The van der Waals surface area contributed by atoms with Gasteiger partial charge in [-0.05, 0) is 65.7 Å². The third-order valence-electron chi connectivity index (χ3n) is 11.3. The zero-order valence-electron chi connectivity index (χ0n) is 31.3. The lowest BCUT2D eigenvalue weighted by molar-refractivity contribution is -0.146. The first kappa shape index (κ1) is 40.2. The van der Waals surface area contributed by atoms with Crippen molar-refractivity contribution in [3.63, 3.8) is 0 Å². The normalized spacial score (nSPS) is 22.2. The van der Waals surface area contributed by atoms with E-state index in [2.05, 4.69) is 27.8 Å². The van der Waals surface area contributed by atoms with Crippen molar-refractivity contribution < 1.29 is 28.8 Å². The molecular weight excluding hydrogens is 667 g/mol. The summed E-state index contributed by atoms with van der Waals surface area (Å²) in [5.74, 6) is -3.01. The summed E-state index contributed by atoms with van der Waals surface area (Å²) in [7, 11) is 0. The molecule has 282 valence electrons. The molecule has 0 bridgehead atoms. The SMILES string of the molecule is C=CCNC(=O)C(=O)C(CC1CCC1)NC(=O)[C@@H]1[C@@H](C(C)C)CCN1C(=O)[C@@H](NC(=O)[C@@H](NC(=O)c1cccs1)C1(C)CCCCC1)C(C)(C)C. The first-order valence-corrected chi connectivity index (χ1v) is 19.6. The highest BCUT2D eigenvalue weighted by Gasteiger charge is 2.49. The minimum absolute atomic E-state index is 0.0426. The second-order valence-corrected chi connectivity index (χ2v) is 17.5. The minimum Gasteiger partial charge on any atom is -0.346 e. The van der Waals surface area contributed by atoms with Crippen molar-refractivity contribution in [2.75, 3.05) is 13.1 Å². The van der Waals surface area contributed by atoms with E-state index in [-0.39, 0.29) is 36.1 Å². The number of hydrogen-bond donors (Lipinski definition) is 4. The van der Waals surface area contributed by atoms with Gasteiger partial charge in [-0.3, -0.25) is 28.8 Å². The summed E-state index contributed by atoms with van der Waals surface area (Å²) in [4.78, 5) is 84.7. The summed E-state index contributed by atoms with van der Waals surface area (Å²) in [6.45, 7) is 15.7. The van der Waals surface area contributed by atoms with Gasteiger partial charge in [0.25, 0.3) is 11.8 Å². The van der Waals surface area contributed by atoms with Crippen molar-refractivity contribution in [1.29, 1.82) is 0 Å².